The first-order chi connectivity index (χ1) is 17.2. The fourth-order valence-corrected chi connectivity index (χ4v) is 3.26. The average molecular weight is 500 g/mol. The van der Waals surface area contributed by atoms with Crippen LogP contribution in [0.15, 0.2) is 60.8 Å². The minimum Gasteiger partial charge on any atom is -0.400 e. The molecule has 4 N–H and O–H groups in total. The van der Waals surface area contributed by atoms with Crippen molar-refractivity contribution in [2.75, 3.05) is 7.11 Å². The van der Waals surface area contributed by atoms with Crippen LogP contribution in [0.5, 0.6) is 0 Å². The molecule has 0 radical (unpaired) electrons. The summed E-state index contributed by atoms with van der Waals surface area (Å²) in [6.45, 7) is 17.8. The van der Waals surface area contributed by atoms with Crippen LogP contribution in [0, 0.1) is 18.8 Å². The zero-order valence-corrected chi connectivity index (χ0v) is 23.1. The molecular formula is C29H45N3O4. The Morgan fingerprint density at radius 3 is 2.19 bits per heavy atom. The topological polar surface area (TPSA) is 112 Å². The number of pyridine rings is 1. The SMILES string of the molecule is C=C(/C=C\c1c(C)cccc1-c1ccccn1)C(=O)NNO.CC.CCC(CC(C)=O)C(C)C.CO. The molecule has 200 valence electrons. The van der Waals surface area contributed by atoms with Crippen LogP contribution in [-0.4, -0.2) is 34.1 Å². The van der Waals surface area contributed by atoms with E-state index in [0.717, 1.165) is 42.3 Å². The Kier molecular flexibility index (Phi) is 20.6. The number of aliphatic hydroxyl groups is 1. The minimum atomic E-state index is -0.508. The summed E-state index contributed by atoms with van der Waals surface area (Å²) in [6, 6.07) is 11.7. The lowest BCUT2D eigenvalue weighted by Crippen LogP contribution is -2.35. The minimum absolute atomic E-state index is 0.219. The number of ketones is 1. The highest BCUT2D eigenvalue weighted by Gasteiger charge is 2.12. The van der Waals surface area contributed by atoms with Gasteiger partial charge in [-0.15, -0.1) is 5.59 Å². The maximum atomic E-state index is 11.5. The zero-order valence-electron chi connectivity index (χ0n) is 23.1. The van der Waals surface area contributed by atoms with Crippen LogP contribution in [-0.2, 0) is 9.59 Å². The highest BCUT2D eigenvalue weighted by Crippen LogP contribution is 2.26. The van der Waals surface area contributed by atoms with E-state index in [9.17, 15) is 9.59 Å². The van der Waals surface area contributed by atoms with Gasteiger partial charge in [-0.2, -0.15) is 0 Å². The Morgan fingerprint density at radius 2 is 1.75 bits per heavy atom. The summed E-state index contributed by atoms with van der Waals surface area (Å²) in [5.41, 5.74) is 7.72. The predicted octanol–water partition coefficient (Wildman–Crippen LogP) is 5.92. The van der Waals surface area contributed by atoms with E-state index in [-0.39, 0.29) is 5.57 Å². The van der Waals surface area contributed by atoms with E-state index in [4.69, 9.17) is 10.3 Å². The molecule has 1 atom stereocenters. The van der Waals surface area contributed by atoms with Gasteiger partial charge in [-0.05, 0) is 55.0 Å². The molecule has 0 aliphatic rings. The van der Waals surface area contributed by atoms with Crippen LogP contribution in [0.3, 0.4) is 0 Å². The fraction of sp³-hybridized carbons (Fsp3) is 0.414. The lowest BCUT2D eigenvalue weighted by molar-refractivity contribution is -0.121. The van der Waals surface area contributed by atoms with Gasteiger partial charge in [0.15, 0.2) is 0 Å². The number of nitrogens with one attached hydrogen (secondary N) is 2. The lowest BCUT2D eigenvalue weighted by atomic mass is 9.89. The zero-order chi connectivity index (χ0) is 28.1. The largest absolute Gasteiger partial charge is 0.400 e. The fourth-order valence-electron chi connectivity index (χ4n) is 3.26. The van der Waals surface area contributed by atoms with E-state index in [1.165, 1.54) is 0 Å². The maximum absolute atomic E-state index is 11.5. The van der Waals surface area contributed by atoms with Crippen molar-refractivity contribution in [1.82, 2.24) is 16.0 Å². The number of Topliss-reactive ketones (excluding diaryl/α,β-unsaturated/α-hetero) is 1. The molecule has 7 heteroatoms. The van der Waals surface area contributed by atoms with Gasteiger partial charge in [0.1, 0.15) is 5.78 Å². The van der Waals surface area contributed by atoms with E-state index in [0.29, 0.717) is 17.6 Å². The van der Waals surface area contributed by atoms with Crippen molar-refractivity contribution in [2.45, 2.75) is 61.3 Å². The van der Waals surface area contributed by atoms with Crippen LogP contribution in [0.1, 0.15) is 65.5 Å². The highest BCUT2D eigenvalue weighted by molar-refractivity contribution is 5.96. The Morgan fingerprint density at radius 1 is 1.11 bits per heavy atom. The van der Waals surface area contributed by atoms with E-state index in [2.05, 4.69) is 32.3 Å². The number of hydrogen-bond acceptors (Lipinski definition) is 6. The third-order valence-corrected chi connectivity index (χ3v) is 5.19. The Bertz CT molecular complexity index is 925. The molecule has 0 aliphatic heterocycles. The molecule has 1 unspecified atom stereocenters. The van der Waals surface area contributed by atoms with Gasteiger partial charge >= 0.3 is 0 Å². The number of hydrogen-bond donors (Lipinski definition) is 4. The van der Waals surface area contributed by atoms with E-state index < -0.39 is 5.91 Å². The normalized spacial score (nSPS) is 10.6. The highest BCUT2D eigenvalue weighted by atomic mass is 16.5. The summed E-state index contributed by atoms with van der Waals surface area (Å²) in [5, 5.41) is 15.5. The molecule has 0 saturated carbocycles. The molecule has 0 spiro atoms. The molecule has 1 aromatic carbocycles. The molecule has 1 aromatic heterocycles. The maximum Gasteiger partial charge on any atom is 0.266 e. The third kappa shape index (κ3) is 13.7. The first-order valence-corrected chi connectivity index (χ1v) is 12.2. The van der Waals surface area contributed by atoms with Crippen LogP contribution in [0.25, 0.3) is 17.3 Å². The second-order valence-electron chi connectivity index (χ2n) is 7.99. The van der Waals surface area contributed by atoms with Crippen molar-refractivity contribution in [2.24, 2.45) is 11.8 Å². The van der Waals surface area contributed by atoms with Gasteiger partial charge in [-0.1, -0.05) is 78.0 Å². The molecule has 0 bridgehead atoms. The number of aromatic nitrogens is 1. The van der Waals surface area contributed by atoms with Crippen molar-refractivity contribution >= 4 is 17.8 Å². The summed E-state index contributed by atoms with van der Waals surface area (Å²) in [4.78, 5) is 26.6. The van der Waals surface area contributed by atoms with Gasteiger partial charge in [-0.25, -0.2) is 0 Å². The number of aryl methyl sites for hydroxylation is 1. The number of amides is 1. The first-order valence-electron chi connectivity index (χ1n) is 12.2. The Balaban J connectivity index is 0. The number of carbonyl (C=O) groups excluding carboxylic acids is 2. The van der Waals surface area contributed by atoms with Crippen molar-refractivity contribution < 1.29 is 19.9 Å². The van der Waals surface area contributed by atoms with Gasteiger partial charge in [0, 0.05) is 30.9 Å². The second kappa shape index (κ2) is 21.2. The number of hydrazine groups is 1. The lowest BCUT2D eigenvalue weighted by Gasteiger charge is -2.16. The number of benzene rings is 1. The Labute approximate surface area is 217 Å². The number of nitrogens with zero attached hydrogens (tertiary/aromatic N) is 1. The van der Waals surface area contributed by atoms with Crippen LogP contribution in [0.2, 0.25) is 0 Å². The molecule has 7 nitrogen and oxygen atoms in total. The summed E-state index contributed by atoms with van der Waals surface area (Å²) in [6.07, 6.45) is 7.04. The van der Waals surface area contributed by atoms with Crippen LogP contribution in [0.4, 0.5) is 0 Å². The van der Waals surface area contributed by atoms with Crippen LogP contribution < -0.4 is 11.0 Å². The number of aliphatic hydroxyl groups excluding tert-OH is 1. The molecule has 0 saturated heterocycles. The molecule has 2 rings (SSSR count). The van der Waals surface area contributed by atoms with E-state index in [1.807, 2.05) is 68.7 Å². The molecule has 0 fully saturated rings. The quantitative estimate of drug-likeness (QED) is 0.194. The smallest absolute Gasteiger partial charge is 0.266 e. The third-order valence-electron chi connectivity index (χ3n) is 5.19. The molecule has 36 heavy (non-hydrogen) atoms. The first kappa shape index (κ1) is 35.0. The van der Waals surface area contributed by atoms with Crippen molar-refractivity contribution in [3.63, 3.8) is 0 Å². The monoisotopic (exact) mass is 499 g/mol. The molecule has 1 heterocycles. The predicted molar refractivity (Wildman–Crippen MR) is 149 cm³/mol. The Hall–Kier alpha value is -3.13. The van der Waals surface area contributed by atoms with Crippen LogP contribution >= 0.6 is 0 Å². The van der Waals surface area contributed by atoms with E-state index in [1.54, 1.807) is 24.8 Å². The summed E-state index contributed by atoms with van der Waals surface area (Å²) < 4.78 is 0. The van der Waals surface area contributed by atoms with Crippen molar-refractivity contribution in [1.29, 1.82) is 0 Å². The average Bonchev–Trinajstić information content (AvgIpc) is 2.89. The molecule has 0 aliphatic carbocycles. The van der Waals surface area contributed by atoms with Crippen molar-refractivity contribution in [3.05, 3.63) is 72.0 Å². The second-order valence-corrected chi connectivity index (χ2v) is 7.99. The van der Waals surface area contributed by atoms with Crippen molar-refractivity contribution in [3.8, 4) is 11.3 Å². The molecule has 1 amide bonds. The number of rotatable bonds is 9. The van der Waals surface area contributed by atoms with Gasteiger partial charge in [-0.3, -0.25) is 20.4 Å². The van der Waals surface area contributed by atoms with Gasteiger partial charge in [0.05, 0.1) is 5.69 Å². The summed E-state index contributed by atoms with van der Waals surface area (Å²) >= 11 is 0. The van der Waals surface area contributed by atoms with E-state index >= 15 is 0 Å². The number of carbonyl (C=O) groups is 2. The van der Waals surface area contributed by atoms with Gasteiger partial charge in [0.2, 0.25) is 0 Å². The standard InChI is InChI=1S/C17H17N3O2.C9H18O.C2H6.CH4O/c1-12-6-5-7-15(16-8-3-4-11-18-16)14(12)10-9-13(2)17(21)19-20-22;1-5-9(7(2)3)6-8(4)10;2*1-2/h3-11,20,22H,2H2,1H3,(H,19,21);7,9H,5-6H2,1-4H3;1-2H3;2H,1H3/b10-9-;;;. The van der Waals surface area contributed by atoms with Gasteiger partial charge < -0.3 is 9.90 Å². The summed E-state index contributed by atoms with van der Waals surface area (Å²) in [5.74, 6) is 1.05. The summed E-state index contributed by atoms with van der Waals surface area (Å²) in [7, 11) is 1.00. The molecular weight excluding hydrogens is 454 g/mol. The van der Waals surface area contributed by atoms with Gasteiger partial charge in [0.25, 0.3) is 5.91 Å². The molecule has 2 aromatic rings.